The normalized spacial score (nSPS) is 10.7. The molecule has 4 heteroatoms. The van der Waals surface area contributed by atoms with E-state index in [4.69, 9.17) is 9.72 Å². The van der Waals surface area contributed by atoms with Crippen LogP contribution in [0.3, 0.4) is 0 Å². The van der Waals surface area contributed by atoms with E-state index in [0.717, 1.165) is 44.7 Å². The molecule has 0 radical (unpaired) electrons. The Morgan fingerprint density at radius 3 is 2.41 bits per heavy atom. The minimum absolute atomic E-state index is 0.138. The predicted molar refractivity (Wildman–Crippen MR) is 118 cm³/mol. The summed E-state index contributed by atoms with van der Waals surface area (Å²) in [5.74, 6) is 0.645. The Bertz CT molecular complexity index is 1200. The van der Waals surface area contributed by atoms with E-state index >= 15 is 0 Å². The van der Waals surface area contributed by atoms with Crippen LogP contribution in [0.15, 0.2) is 72.8 Å². The number of hydrogen-bond acceptors (Lipinski definition) is 3. The lowest BCUT2D eigenvalue weighted by Crippen LogP contribution is -2.15. The van der Waals surface area contributed by atoms with E-state index in [1.807, 2.05) is 86.6 Å². The number of nitrogens with one attached hydrogen (secondary N) is 1. The minimum atomic E-state index is -0.138. The van der Waals surface area contributed by atoms with Crippen molar-refractivity contribution in [2.45, 2.75) is 13.8 Å². The van der Waals surface area contributed by atoms with Gasteiger partial charge in [0.25, 0.3) is 5.91 Å². The van der Waals surface area contributed by atoms with Gasteiger partial charge in [-0.25, -0.2) is 4.98 Å². The van der Waals surface area contributed by atoms with Gasteiger partial charge in [-0.2, -0.15) is 0 Å². The molecule has 0 unspecified atom stereocenters. The quantitative estimate of drug-likeness (QED) is 0.487. The van der Waals surface area contributed by atoms with Crippen molar-refractivity contribution >= 4 is 22.5 Å². The molecular formula is C25H22N2O2. The van der Waals surface area contributed by atoms with Gasteiger partial charge in [0.2, 0.25) is 0 Å². The molecule has 0 bridgehead atoms. The fraction of sp³-hybridized carbons (Fsp3) is 0.120. The van der Waals surface area contributed by atoms with E-state index in [2.05, 4.69) is 5.32 Å². The Labute approximate surface area is 170 Å². The number of benzene rings is 3. The van der Waals surface area contributed by atoms with Crippen LogP contribution < -0.4 is 10.1 Å². The number of fused-ring (bicyclic) bond motifs is 1. The van der Waals surface area contributed by atoms with Crippen LogP contribution in [0.2, 0.25) is 0 Å². The molecule has 0 aliphatic rings. The molecule has 4 rings (SSSR count). The van der Waals surface area contributed by atoms with E-state index in [-0.39, 0.29) is 5.91 Å². The number of amides is 1. The Morgan fingerprint density at radius 1 is 0.931 bits per heavy atom. The van der Waals surface area contributed by atoms with Gasteiger partial charge in [-0.3, -0.25) is 4.79 Å². The number of aryl methyl sites for hydroxylation is 1. The highest BCUT2D eigenvalue weighted by molar-refractivity contribution is 6.14. The first-order chi connectivity index (χ1) is 14.1. The van der Waals surface area contributed by atoms with Gasteiger partial charge in [0, 0.05) is 16.6 Å². The molecule has 1 N–H and O–H groups in total. The SMILES string of the molecule is COc1ccc(-c2nc3ccccc3c(C(=O)Nc3cccc(C)c3)c2C)cc1. The molecule has 0 aliphatic carbocycles. The molecule has 3 aromatic carbocycles. The zero-order valence-electron chi connectivity index (χ0n) is 16.7. The van der Waals surface area contributed by atoms with Crippen LogP contribution in [0.4, 0.5) is 5.69 Å². The van der Waals surface area contributed by atoms with Crippen molar-refractivity contribution < 1.29 is 9.53 Å². The zero-order chi connectivity index (χ0) is 20.4. The summed E-state index contributed by atoms with van der Waals surface area (Å²) in [4.78, 5) is 18.1. The number of carbonyl (C=O) groups excluding carboxylic acids is 1. The maximum absolute atomic E-state index is 13.3. The number of methoxy groups -OCH3 is 1. The highest BCUT2D eigenvalue weighted by Crippen LogP contribution is 2.31. The third-order valence-corrected chi connectivity index (χ3v) is 5.00. The number of nitrogens with zero attached hydrogens (tertiary/aromatic N) is 1. The molecule has 0 spiro atoms. The number of pyridine rings is 1. The molecular weight excluding hydrogens is 360 g/mol. The summed E-state index contributed by atoms with van der Waals surface area (Å²) in [6, 6.07) is 23.3. The van der Waals surface area contributed by atoms with Crippen molar-refractivity contribution in [1.82, 2.24) is 4.98 Å². The summed E-state index contributed by atoms with van der Waals surface area (Å²) in [7, 11) is 1.64. The summed E-state index contributed by atoms with van der Waals surface area (Å²) in [6.45, 7) is 3.95. The molecule has 0 aliphatic heterocycles. The minimum Gasteiger partial charge on any atom is -0.497 e. The summed E-state index contributed by atoms with van der Waals surface area (Å²) in [5.41, 5.74) is 5.89. The molecule has 0 fully saturated rings. The number of para-hydroxylation sites is 1. The second kappa shape index (κ2) is 7.76. The van der Waals surface area contributed by atoms with Crippen LogP contribution in [-0.2, 0) is 0 Å². The van der Waals surface area contributed by atoms with Crippen molar-refractivity contribution in [1.29, 1.82) is 0 Å². The highest BCUT2D eigenvalue weighted by atomic mass is 16.5. The number of hydrogen-bond donors (Lipinski definition) is 1. The highest BCUT2D eigenvalue weighted by Gasteiger charge is 2.19. The first-order valence-corrected chi connectivity index (χ1v) is 9.48. The smallest absolute Gasteiger partial charge is 0.256 e. The number of carbonyl (C=O) groups is 1. The predicted octanol–water partition coefficient (Wildman–Crippen LogP) is 5.78. The van der Waals surface area contributed by atoms with Gasteiger partial charge >= 0.3 is 0 Å². The van der Waals surface area contributed by atoms with Crippen LogP contribution in [0.5, 0.6) is 5.75 Å². The van der Waals surface area contributed by atoms with Crippen LogP contribution >= 0.6 is 0 Å². The Hall–Kier alpha value is -3.66. The Morgan fingerprint density at radius 2 is 1.69 bits per heavy atom. The summed E-state index contributed by atoms with van der Waals surface area (Å²) in [6.07, 6.45) is 0. The number of rotatable bonds is 4. The van der Waals surface area contributed by atoms with Crippen molar-refractivity contribution in [3.05, 3.63) is 89.5 Å². The van der Waals surface area contributed by atoms with E-state index in [0.29, 0.717) is 5.56 Å². The second-order valence-electron chi connectivity index (χ2n) is 7.03. The second-order valence-corrected chi connectivity index (χ2v) is 7.03. The summed E-state index contributed by atoms with van der Waals surface area (Å²) < 4.78 is 5.26. The lowest BCUT2D eigenvalue weighted by atomic mass is 9.97. The monoisotopic (exact) mass is 382 g/mol. The van der Waals surface area contributed by atoms with Crippen molar-refractivity contribution in [3.8, 4) is 17.0 Å². The van der Waals surface area contributed by atoms with E-state index in [1.54, 1.807) is 7.11 Å². The molecule has 1 heterocycles. The average molecular weight is 382 g/mol. The number of aromatic nitrogens is 1. The maximum Gasteiger partial charge on any atom is 0.256 e. The molecule has 0 saturated carbocycles. The van der Waals surface area contributed by atoms with Crippen LogP contribution in [0.1, 0.15) is 21.5 Å². The summed E-state index contributed by atoms with van der Waals surface area (Å²) >= 11 is 0. The zero-order valence-corrected chi connectivity index (χ0v) is 16.7. The molecule has 4 nitrogen and oxygen atoms in total. The number of ether oxygens (including phenoxy) is 1. The van der Waals surface area contributed by atoms with Crippen LogP contribution in [0.25, 0.3) is 22.2 Å². The van der Waals surface area contributed by atoms with E-state index < -0.39 is 0 Å². The first kappa shape index (κ1) is 18.7. The van der Waals surface area contributed by atoms with Gasteiger partial charge in [0.1, 0.15) is 5.75 Å². The average Bonchev–Trinajstić information content (AvgIpc) is 2.73. The Kier molecular flexibility index (Phi) is 5.00. The van der Waals surface area contributed by atoms with Gasteiger partial charge in [0.15, 0.2) is 0 Å². The van der Waals surface area contributed by atoms with E-state index in [1.165, 1.54) is 0 Å². The van der Waals surface area contributed by atoms with Crippen molar-refractivity contribution in [2.75, 3.05) is 12.4 Å². The fourth-order valence-corrected chi connectivity index (χ4v) is 3.55. The third-order valence-electron chi connectivity index (χ3n) is 5.00. The fourth-order valence-electron chi connectivity index (χ4n) is 3.55. The maximum atomic E-state index is 13.3. The summed E-state index contributed by atoms with van der Waals surface area (Å²) in [5, 5.41) is 3.88. The van der Waals surface area contributed by atoms with E-state index in [9.17, 15) is 4.79 Å². The third kappa shape index (κ3) is 3.69. The topological polar surface area (TPSA) is 51.2 Å². The van der Waals surface area contributed by atoms with Gasteiger partial charge < -0.3 is 10.1 Å². The van der Waals surface area contributed by atoms with Gasteiger partial charge in [-0.05, 0) is 67.4 Å². The lowest BCUT2D eigenvalue weighted by molar-refractivity contribution is 0.102. The molecule has 144 valence electrons. The van der Waals surface area contributed by atoms with Gasteiger partial charge in [-0.1, -0.05) is 30.3 Å². The van der Waals surface area contributed by atoms with Crippen molar-refractivity contribution in [2.24, 2.45) is 0 Å². The molecule has 29 heavy (non-hydrogen) atoms. The van der Waals surface area contributed by atoms with Gasteiger partial charge in [0.05, 0.1) is 23.9 Å². The number of anilines is 1. The lowest BCUT2D eigenvalue weighted by Gasteiger charge is -2.15. The molecule has 4 aromatic rings. The van der Waals surface area contributed by atoms with Crippen molar-refractivity contribution in [3.63, 3.8) is 0 Å². The molecule has 0 saturated heterocycles. The van der Waals surface area contributed by atoms with Crippen LogP contribution in [0, 0.1) is 13.8 Å². The Balaban J connectivity index is 1.85. The van der Waals surface area contributed by atoms with Gasteiger partial charge in [-0.15, -0.1) is 0 Å². The molecule has 1 aromatic heterocycles. The largest absolute Gasteiger partial charge is 0.497 e. The molecule has 0 atom stereocenters. The molecule has 1 amide bonds. The van der Waals surface area contributed by atoms with Crippen LogP contribution in [-0.4, -0.2) is 18.0 Å². The standard InChI is InChI=1S/C25H22N2O2/c1-16-7-6-8-19(15-16)26-25(28)23-17(2)24(18-11-13-20(29-3)14-12-18)27-22-10-5-4-9-21(22)23/h4-15H,1-3H3,(H,26,28). The first-order valence-electron chi connectivity index (χ1n) is 9.48.